The topological polar surface area (TPSA) is 78.4 Å². The maximum Gasteiger partial charge on any atom is 0.313 e. The van der Waals surface area contributed by atoms with E-state index < -0.39 is 17.9 Å². The van der Waals surface area contributed by atoms with E-state index in [0.717, 1.165) is 24.0 Å². The number of nitrogens with one attached hydrogen (secondary N) is 2. The summed E-state index contributed by atoms with van der Waals surface area (Å²) in [6, 6.07) is 5.55. The molecule has 0 aromatic heterocycles. The van der Waals surface area contributed by atoms with Crippen molar-refractivity contribution in [1.29, 1.82) is 0 Å². The summed E-state index contributed by atoms with van der Waals surface area (Å²) < 4.78 is 0. The minimum absolute atomic E-state index is 0.0915. The number of benzene rings is 1. The lowest BCUT2D eigenvalue weighted by molar-refractivity contribution is -0.136. The van der Waals surface area contributed by atoms with Crippen LogP contribution in [0.3, 0.4) is 0 Å². The van der Waals surface area contributed by atoms with Gasteiger partial charge in [-0.05, 0) is 43.0 Å². The van der Waals surface area contributed by atoms with E-state index in [1.54, 1.807) is 6.07 Å². The number of carbonyl (C=O) groups excluding carboxylic acids is 2. The van der Waals surface area contributed by atoms with Gasteiger partial charge in [0.25, 0.3) is 0 Å². The number of hydrogen-bond acceptors (Lipinski definition) is 3. The van der Waals surface area contributed by atoms with Gasteiger partial charge < -0.3 is 15.7 Å². The maximum atomic E-state index is 11.8. The molecule has 5 nitrogen and oxygen atoms in total. The zero-order valence-corrected chi connectivity index (χ0v) is 12.9. The quantitative estimate of drug-likeness (QED) is 0.699. The van der Waals surface area contributed by atoms with E-state index in [4.69, 9.17) is 0 Å². The van der Waals surface area contributed by atoms with Gasteiger partial charge in [0.2, 0.25) is 0 Å². The summed E-state index contributed by atoms with van der Waals surface area (Å²) in [4.78, 5) is 23.4. The Labute approximate surface area is 125 Å². The lowest BCUT2D eigenvalue weighted by Crippen LogP contribution is -2.39. The maximum absolute atomic E-state index is 11.8. The summed E-state index contributed by atoms with van der Waals surface area (Å²) in [5.74, 6) is -1.45. The number of carbonyl (C=O) groups is 2. The van der Waals surface area contributed by atoms with Gasteiger partial charge in [-0.1, -0.05) is 26.3 Å². The van der Waals surface area contributed by atoms with Crippen molar-refractivity contribution >= 4 is 17.5 Å². The molecule has 0 aliphatic heterocycles. The Kier molecular flexibility index (Phi) is 6.88. The van der Waals surface area contributed by atoms with Gasteiger partial charge in [-0.25, -0.2) is 0 Å². The van der Waals surface area contributed by atoms with Crippen LogP contribution in [0.2, 0.25) is 0 Å². The average molecular weight is 292 g/mol. The molecule has 0 fully saturated rings. The fraction of sp³-hybridized carbons (Fsp3) is 0.500. The Morgan fingerprint density at radius 1 is 1.24 bits per heavy atom. The van der Waals surface area contributed by atoms with E-state index in [9.17, 15) is 14.7 Å². The van der Waals surface area contributed by atoms with Crippen LogP contribution in [0, 0.1) is 6.92 Å². The Morgan fingerprint density at radius 2 is 1.95 bits per heavy atom. The predicted molar refractivity (Wildman–Crippen MR) is 83.1 cm³/mol. The minimum Gasteiger partial charge on any atom is -0.391 e. The highest BCUT2D eigenvalue weighted by Gasteiger charge is 2.15. The van der Waals surface area contributed by atoms with Gasteiger partial charge in [0.15, 0.2) is 0 Å². The van der Waals surface area contributed by atoms with Gasteiger partial charge in [0, 0.05) is 12.2 Å². The van der Waals surface area contributed by atoms with Crippen LogP contribution in [0.25, 0.3) is 0 Å². The molecule has 0 aliphatic rings. The number of aliphatic hydroxyl groups excluding tert-OH is 1. The fourth-order valence-corrected chi connectivity index (χ4v) is 2.04. The van der Waals surface area contributed by atoms with E-state index >= 15 is 0 Å². The first-order valence-electron chi connectivity index (χ1n) is 7.34. The molecule has 0 spiro atoms. The molecule has 1 rings (SSSR count). The third-order valence-electron chi connectivity index (χ3n) is 3.31. The van der Waals surface area contributed by atoms with E-state index in [1.807, 2.05) is 32.9 Å². The first-order chi connectivity index (χ1) is 9.97. The highest BCUT2D eigenvalue weighted by molar-refractivity contribution is 6.39. The van der Waals surface area contributed by atoms with Crippen molar-refractivity contribution in [3.63, 3.8) is 0 Å². The van der Waals surface area contributed by atoms with E-state index in [2.05, 4.69) is 10.6 Å². The molecule has 1 unspecified atom stereocenters. The molecule has 0 radical (unpaired) electrons. The van der Waals surface area contributed by atoms with Gasteiger partial charge in [-0.3, -0.25) is 9.59 Å². The molecule has 3 N–H and O–H groups in total. The number of anilines is 1. The number of hydrogen-bond donors (Lipinski definition) is 3. The second-order valence-electron chi connectivity index (χ2n) is 5.10. The van der Waals surface area contributed by atoms with Crippen LogP contribution in [0.15, 0.2) is 18.2 Å². The Balaban J connectivity index is 2.54. The lowest BCUT2D eigenvalue weighted by atomic mass is 10.1. The number of aliphatic hydroxyl groups is 1. The third kappa shape index (κ3) is 5.55. The summed E-state index contributed by atoms with van der Waals surface area (Å²) >= 11 is 0. The summed E-state index contributed by atoms with van der Waals surface area (Å²) in [7, 11) is 0. The van der Waals surface area contributed by atoms with Crippen LogP contribution in [-0.2, 0) is 16.0 Å². The SMILES string of the molecule is CCCC(O)CNC(=O)C(=O)Nc1ccc(C)c(CC)c1. The number of amides is 2. The molecule has 5 heteroatoms. The minimum atomic E-state index is -0.733. The highest BCUT2D eigenvalue weighted by atomic mass is 16.3. The van der Waals surface area contributed by atoms with E-state index in [-0.39, 0.29) is 6.54 Å². The second-order valence-corrected chi connectivity index (χ2v) is 5.10. The fourth-order valence-electron chi connectivity index (χ4n) is 2.04. The van der Waals surface area contributed by atoms with Crippen molar-refractivity contribution in [2.75, 3.05) is 11.9 Å². The Morgan fingerprint density at radius 3 is 2.57 bits per heavy atom. The van der Waals surface area contributed by atoms with Crippen molar-refractivity contribution < 1.29 is 14.7 Å². The van der Waals surface area contributed by atoms with Crippen LogP contribution in [0.4, 0.5) is 5.69 Å². The van der Waals surface area contributed by atoms with Gasteiger partial charge in [-0.15, -0.1) is 0 Å². The highest BCUT2D eigenvalue weighted by Crippen LogP contribution is 2.15. The Hall–Kier alpha value is -1.88. The zero-order chi connectivity index (χ0) is 15.8. The smallest absolute Gasteiger partial charge is 0.313 e. The van der Waals surface area contributed by atoms with Gasteiger partial charge in [-0.2, -0.15) is 0 Å². The standard InChI is InChI=1S/C16H24N2O3/c1-4-6-14(19)10-17-15(20)16(21)18-13-8-7-11(3)12(5-2)9-13/h7-9,14,19H,4-6,10H2,1-3H3,(H,17,20)(H,18,21). The summed E-state index contributed by atoms with van der Waals surface area (Å²) in [6.45, 7) is 6.08. The number of aryl methyl sites for hydroxylation is 2. The molecule has 0 bridgehead atoms. The molecule has 0 saturated carbocycles. The molecule has 1 atom stereocenters. The van der Waals surface area contributed by atoms with E-state index in [0.29, 0.717) is 12.1 Å². The first-order valence-corrected chi connectivity index (χ1v) is 7.34. The monoisotopic (exact) mass is 292 g/mol. The molecule has 1 aromatic carbocycles. The molecular formula is C16H24N2O3. The predicted octanol–water partition coefficient (Wildman–Crippen LogP) is 1.77. The summed E-state index contributed by atoms with van der Waals surface area (Å²) in [6.07, 6.45) is 1.68. The van der Waals surface area contributed by atoms with Crippen molar-refractivity contribution in [2.24, 2.45) is 0 Å². The summed E-state index contributed by atoms with van der Waals surface area (Å²) in [5.41, 5.74) is 2.89. The third-order valence-corrected chi connectivity index (χ3v) is 3.31. The zero-order valence-electron chi connectivity index (χ0n) is 12.9. The lowest BCUT2D eigenvalue weighted by Gasteiger charge is -2.11. The van der Waals surface area contributed by atoms with Gasteiger partial charge in [0.05, 0.1) is 6.10 Å². The molecule has 1 aromatic rings. The largest absolute Gasteiger partial charge is 0.391 e. The van der Waals surface area contributed by atoms with Gasteiger partial charge >= 0.3 is 11.8 Å². The van der Waals surface area contributed by atoms with Crippen molar-refractivity contribution in [1.82, 2.24) is 5.32 Å². The van der Waals surface area contributed by atoms with Crippen LogP contribution >= 0.6 is 0 Å². The van der Waals surface area contributed by atoms with Crippen LogP contribution in [0.5, 0.6) is 0 Å². The van der Waals surface area contributed by atoms with Crippen LogP contribution < -0.4 is 10.6 Å². The van der Waals surface area contributed by atoms with Crippen LogP contribution in [-0.4, -0.2) is 29.6 Å². The van der Waals surface area contributed by atoms with E-state index in [1.165, 1.54) is 0 Å². The van der Waals surface area contributed by atoms with Crippen molar-refractivity contribution in [3.8, 4) is 0 Å². The molecule has 21 heavy (non-hydrogen) atoms. The second kappa shape index (κ2) is 8.42. The molecule has 0 aliphatic carbocycles. The molecule has 116 valence electrons. The summed E-state index contributed by atoms with van der Waals surface area (Å²) in [5, 5.41) is 14.5. The first kappa shape index (κ1) is 17.2. The Bertz CT molecular complexity index is 500. The molecular weight excluding hydrogens is 268 g/mol. The number of rotatable bonds is 6. The van der Waals surface area contributed by atoms with Gasteiger partial charge in [0.1, 0.15) is 0 Å². The van der Waals surface area contributed by atoms with Crippen LogP contribution in [0.1, 0.15) is 37.8 Å². The molecule has 2 amide bonds. The average Bonchev–Trinajstić information content (AvgIpc) is 2.46. The molecule has 0 saturated heterocycles. The normalized spacial score (nSPS) is 11.8. The van der Waals surface area contributed by atoms with Crippen molar-refractivity contribution in [3.05, 3.63) is 29.3 Å². The molecule has 0 heterocycles. The van der Waals surface area contributed by atoms with Crippen molar-refractivity contribution in [2.45, 2.75) is 46.1 Å².